The second-order valence-corrected chi connectivity index (χ2v) is 10.1. The first-order valence-corrected chi connectivity index (χ1v) is 12.8. The van der Waals surface area contributed by atoms with E-state index in [4.69, 9.17) is 14.5 Å². The predicted molar refractivity (Wildman–Crippen MR) is 140 cm³/mol. The van der Waals surface area contributed by atoms with Gasteiger partial charge in [-0.25, -0.2) is 9.79 Å². The molecule has 1 fully saturated rings. The van der Waals surface area contributed by atoms with Crippen molar-refractivity contribution in [3.8, 4) is 5.75 Å². The zero-order chi connectivity index (χ0) is 24.9. The van der Waals surface area contributed by atoms with Gasteiger partial charge in [0.1, 0.15) is 5.75 Å². The van der Waals surface area contributed by atoms with E-state index in [1.54, 1.807) is 43.1 Å². The summed E-state index contributed by atoms with van der Waals surface area (Å²) in [4.78, 5) is 32.8. The Balaban J connectivity index is 1.59. The molecular formula is C27H31N3O4S. The molecule has 2 aromatic rings. The van der Waals surface area contributed by atoms with Crippen LogP contribution < -0.4 is 10.1 Å². The highest BCUT2D eigenvalue weighted by Gasteiger charge is 2.38. The monoisotopic (exact) mass is 493 g/mol. The Morgan fingerprint density at radius 1 is 1.20 bits per heavy atom. The van der Waals surface area contributed by atoms with Crippen LogP contribution in [0.5, 0.6) is 5.75 Å². The summed E-state index contributed by atoms with van der Waals surface area (Å²) in [6.45, 7) is 7.09. The molecule has 1 atom stereocenters. The maximum absolute atomic E-state index is 13.1. The number of allylic oxidation sites excluding steroid dienone is 1. The molecule has 0 saturated carbocycles. The van der Waals surface area contributed by atoms with Crippen LogP contribution in [0.25, 0.3) is 0 Å². The fraction of sp³-hybridized carbons (Fsp3) is 0.370. The highest BCUT2D eigenvalue weighted by atomic mass is 32.2. The fourth-order valence-corrected chi connectivity index (χ4v) is 5.13. The number of amidine groups is 1. The molecule has 0 aromatic heterocycles. The molecule has 2 aliphatic rings. The quantitative estimate of drug-likeness (QED) is 0.529. The number of methoxy groups -OCH3 is 1. The van der Waals surface area contributed by atoms with Gasteiger partial charge in [-0.15, -0.1) is 0 Å². The lowest BCUT2D eigenvalue weighted by Crippen LogP contribution is -2.42. The van der Waals surface area contributed by atoms with E-state index < -0.39 is 0 Å². The molecule has 0 aliphatic carbocycles. The minimum Gasteiger partial charge on any atom is -0.497 e. The third-order valence-electron chi connectivity index (χ3n) is 5.84. The smallest absolute Gasteiger partial charge is 0.338 e. The number of nitrogens with one attached hydrogen (secondary N) is 1. The third-order valence-corrected chi connectivity index (χ3v) is 6.92. The van der Waals surface area contributed by atoms with E-state index in [0.29, 0.717) is 34.9 Å². The van der Waals surface area contributed by atoms with Crippen molar-refractivity contribution >= 4 is 34.5 Å². The SMILES string of the molecule is COc1cccc(C(=O)Nc2ccc(C3C(C(=O)OCC(C)C)=C(C)N=C4SCCCN43)cc2)c1. The van der Waals surface area contributed by atoms with Crippen molar-refractivity contribution in [1.29, 1.82) is 0 Å². The van der Waals surface area contributed by atoms with Crippen LogP contribution in [0.4, 0.5) is 5.69 Å². The lowest BCUT2D eigenvalue weighted by atomic mass is 9.94. The first-order chi connectivity index (χ1) is 16.9. The van der Waals surface area contributed by atoms with Gasteiger partial charge in [0.15, 0.2) is 5.17 Å². The number of carbonyl (C=O) groups excluding carboxylic acids is 2. The van der Waals surface area contributed by atoms with Crippen LogP contribution in [0, 0.1) is 5.92 Å². The van der Waals surface area contributed by atoms with Crippen LogP contribution in [-0.2, 0) is 9.53 Å². The van der Waals surface area contributed by atoms with E-state index in [1.807, 2.05) is 45.0 Å². The Hall–Kier alpha value is -3.26. The van der Waals surface area contributed by atoms with Gasteiger partial charge in [-0.2, -0.15) is 0 Å². The summed E-state index contributed by atoms with van der Waals surface area (Å²) in [6.07, 6.45) is 1.02. The molecule has 184 valence electrons. The number of aliphatic imine (C=N–C) groups is 1. The molecule has 1 amide bonds. The summed E-state index contributed by atoms with van der Waals surface area (Å²) in [5.41, 5.74) is 3.41. The number of esters is 1. The molecule has 2 aliphatic heterocycles. The van der Waals surface area contributed by atoms with Gasteiger partial charge in [0.05, 0.1) is 31.0 Å². The molecule has 0 bridgehead atoms. The molecular weight excluding hydrogens is 462 g/mol. The van der Waals surface area contributed by atoms with Crippen molar-refractivity contribution in [3.63, 3.8) is 0 Å². The number of anilines is 1. The van der Waals surface area contributed by atoms with Crippen LogP contribution in [0.15, 0.2) is 64.8 Å². The first-order valence-electron chi connectivity index (χ1n) is 11.8. The number of fused-ring (bicyclic) bond motifs is 1. The molecule has 2 heterocycles. The largest absolute Gasteiger partial charge is 0.497 e. The summed E-state index contributed by atoms with van der Waals surface area (Å²) in [5.74, 6) is 1.34. The maximum Gasteiger partial charge on any atom is 0.338 e. The van der Waals surface area contributed by atoms with Gasteiger partial charge < -0.3 is 19.7 Å². The maximum atomic E-state index is 13.1. The molecule has 4 rings (SSSR count). The molecule has 8 heteroatoms. The van der Waals surface area contributed by atoms with Crippen LogP contribution >= 0.6 is 11.8 Å². The molecule has 0 spiro atoms. The highest BCUT2D eigenvalue weighted by Crippen LogP contribution is 2.40. The molecule has 2 aromatic carbocycles. The topological polar surface area (TPSA) is 80.2 Å². The number of rotatable bonds is 7. The van der Waals surface area contributed by atoms with E-state index >= 15 is 0 Å². The Morgan fingerprint density at radius 3 is 2.69 bits per heavy atom. The minimum absolute atomic E-state index is 0.218. The number of thioether (sulfide) groups is 1. The predicted octanol–water partition coefficient (Wildman–Crippen LogP) is 5.27. The number of nitrogens with zero attached hydrogens (tertiary/aromatic N) is 2. The van der Waals surface area contributed by atoms with E-state index in [1.165, 1.54) is 0 Å². The molecule has 7 nitrogen and oxygen atoms in total. The molecule has 35 heavy (non-hydrogen) atoms. The molecule has 1 saturated heterocycles. The van der Waals surface area contributed by atoms with E-state index in [2.05, 4.69) is 10.2 Å². The summed E-state index contributed by atoms with van der Waals surface area (Å²) in [5, 5.41) is 3.87. The zero-order valence-electron chi connectivity index (χ0n) is 20.5. The fourth-order valence-electron chi connectivity index (χ4n) is 4.11. The van der Waals surface area contributed by atoms with E-state index in [9.17, 15) is 9.59 Å². The lowest BCUT2D eigenvalue weighted by molar-refractivity contribution is -0.140. The average molecular weight is 494 g/mol. The van der Waals surface area contributed by atoms with Crippen molar-refractivity contribution in [2.75, 3.05) is 31.3 Å². The Bertz CT molecular complexity index is 1160. The Kier molecular flexibility index (Phi) is 7.80. The number of hydrogen-bond donors (Lipinski definition) is 1. The van der Waals surface area contributed by atoms with Gasteiger partial charge >= 0.3 is 5.97 Å². The second-order valence-electron chi connectivity index (χ2n) is 8.99. The average Bonchev–Trinajstić information content (AvgIpc) is 2.87. The van der Waals surface area contributed by atoms with E-state index in [0.717, 1.165) is 29.4 Å². The van der Waals surface area contributed by atoms with Crippen LogP contribution in [-0.4, -0.2) is 48.0 Å². The standard InChI is InChI=1S/C27H31N3O4S/c1-17(2)16-34-26(32)23-18(3)28-27-30(13-6-14-35-27)24(23)19-9-11-21(12-10-19)29-25(31)20-7-5-8-22(15-20)33-4/h5,7-12,15,17,24H,6,13-14,16H2,1-4H3,(H,29,31). The number of carbonyl (C=O) groups is 2. The van der Waals surface area contributed by atoms with Crippen LogP contribution in [0.3, 0.4) is 0 Å². The second kappa shape index (κ2) is 11.0. The normalized spacial score (nSPS) is 17.6. The van der Waals surface area contributed by atoms with Gasteiger partial charge in [-0.05, 0) is 55.2 Å². The van der Waals surface area contributed by atoms with Gasteiger partial charge in [0.2, 0.25) is 0 Å². The summed E-state index contributed by atoms with van der Waals surface area (Å²) in [7, 11) is 1.57. The minimum atomic E-state index is -0.324. The summed E-state index contributed by atoms with van der Waals surface area (Å²) >= 11 is 1.72. The van der Waals surface area contributed by atoms with Crippen molar-refractivity contribution in [2.24, 2.45) is 10.9 Å². The Morgan fingerprint density at radius 2 is 1.97 bits per heavy atom. The Labute approximate surface area is 210 Å². The van der Waals surface area contributed by atoms with Gasteiger partial charge in [-0.3, -0.25) is 4.79 Å². The molecule has 0 radical (unpaired) electrons. The van der Waals surface area contributed by atoms with Gasteiger partial charge in [0, 0.05) is 23.5 Å². The van der Waals surface area contributed by atoms with Crippen LogP contribution in [0.2, 0.25) is 0 Å². The first kappa shape index (κ1) is 24.9. The number of benzene rings is 2. The summed E-state index contributed by atoms with van der Waals surface area (Å²) < 4.78 is 10.8. The van der Waals surface area contributed by atoms with Crippen molar-refractivity contribution in [2.45, 2.75) is 33.2 Å². The summed E-state index contributed by atoms with van der Waals surface area (Å²) in [6, 6.07) is 14.4. The number of hydrogen-bond acceptors (Lipinski definition) is 7. The molecule has 1 N–H and O–H groups in total. The zero-order valence-corrected chi connectivity index (χ0v) is 21.4. The van der Waals surface area contributed by atoms with E-state index in [-0.39, 0.29) is 23.8 Å². The van der Waals surface area contributed by atoms with Crippen molar-refractivity contribution < 1.29 is 19.1 Å². The van der Waals surface area contributed by atoms with Crippen molar-refractivity contribution in [3.05, 3.63) is 70.9 Å². The third kappa shape index (κ3) is 5.70. The molecule has 1 unspecified atom stereocenters. The van der Waals surface area contributed by atoms with Crippen molar-refractivity contribution in [1.82, 2.24) is 4.90 Å². The number of ether oxygens (including phenoxy) is 2. The lowest BCUT2D eigenvalue weighted by Gasteiger charge is -2.40. The number of amides is 1. The van der Waals surface area contributed by atoms with Gasteiger partial charge in [0.25, 0.3) is 5.91 Å². The van der Waals surface area contributed by atoms with Gasteiger partial charge in [-0.1, -0.05) is 43.8 Å². The highest BCUT2D eigenvalue weighted by molar-refractivity contribution is 8.13. The van der Waals surface area contributed by atoms with Crippen LogP contribution in [0.1, 0.15) is 49.2 Å².